The Balaban J connectivity index is 2.19. The summed E-state index contributed by atoms with van der Waals surface area (Å²) in [4.78, 5) is 11.8. The molecule has 0 atom stereocenters. The van der Waals surface area contributed by atoms with E-state index in [-0.39, 0.29) is 11.4 Å². The maximum absolute atomic E-state index is 11.8. The van der Waals surface area contributed by atoms with Crippen LogP contribution in [0.3, 0.4) is 0 Å². The molecular formula is C13H17NO2. The van der Waals surface area contributed by atoms with Gasteiger partial charge in [-0.25, -0.2) is 0 Å². The van der Waals surface area contributed by atoms with Gasteiger partial charge in [-0.3, -0.25) is 4.79 Å². The Morgan fingerprint density at radius 3 is 2.44 bits per heavy atom. The number of benzene rings is 1. The van der Waals surface area contributed by atoms with E-state index in [0.29, 0.717) is 13.2 Å². The van der Waals surface area contributed by atoms with Gasteiger partial charge in [-0.1, -0.05) is 24.3 Å². The van der Waals surface area contributed by atoms with Crippen LogP contribution in [0.15, 0.2) is 24.3 Å². The van der Waals surface area contributed by atoms with Crippen LogP contribution in [0.25, 0.3) is 0 Å². The van der Waals surface area contributed by atoms with Gasteiger partial charge < -0.3 is 10.5 Å². The minimum absolute atomic E-state index is 0.0875. The normalized spacial score (nSPS) is 16.9. The van der Waals surface area contributed by atoms with Crippen LogP contribution in [-0.4, -0.2) is 12.6 Å². The molecule has 1 fully saturated rings. The second-order valence-corrected chi connectivity index (χ2v) is 4.20. The van der Waals surface area contributed by atoms with Crippen molar-refractivity contribution in [1.29, 1.82) is 0 Å². The third-order valence-electron chi connectivity index (χ3n) is 3.16. The van der Waals surface area contributed by atoms with Crippen LogP contribution < -0.4 is 5.73 Å². The van der Waals surface area contributed by atoms with Gasteiger partial charge >= 0.3 is 5.97 Å². The molecule has 0 aromatic heterocycles. The molecule has 86 valence electrons. The molecule has 1 aliphatic rings. The maximum Gasteiger partial charge on any atom is 0.316 e. The number of esters is 1. The topological polar surface area (TPSA) is 52.3 Å². The molecule has 1 aromatic rings. The molecule has 0 unspecified atom stereocenters. The Morgan fingerprint density at radius 2 is 2.00 bits per heavy atom. The molecule has 0 spiro atoms. The Bertz CT molecular complexity index is 379. The van der Waals surface area contributed by atoms with Gasteiger partial charge in [0.2, 0.25) is 0 Å². The number of carbonyl (C=O) groups excluding carboxylic acids is 1. The zero-order chi connectivity index (χ0) is 11.6. The second-order valence-electron chi connectivity index (χ2n) is 4.20. The third kappa shape index (κ3) is 1.83. The van der Waals surface area contributed by atoms with E-state index >= 15 is 0 Å². The molecule has 0 heterocycles. The van der Waals surface area contributed by atoms with Gasteiger partial charge in [0.1, 0.15) is 0 Å². The summed E-state index contributed by atoms with van der Waals surface area (Å²) in [6.07, 6.45) is 1.79. The Morgan fingerprint density at radius 1 is 1.38 bits per heavy atom. The smallest absolute Gasteiger partial charge is 0.316 e. The molecule has 3 heteroatoms. The monoisotopic (exact) mass is 219 g/mol. The van der Waals surface area contributed by atoms with Crippen molar-refractivity contribution in [2.24, 2.45) is 5.73 Å². The highest BCUT2D eigenvalue weighted by molar-refractivity contribution is 5.86. The standard InChI is InChI=1S/C13H17NO2/c1-2-16-12(15)13(7-8-13)11-5-3-10(9-14)4-6-11/h3-6H,2,7-9,14H2,1H3. The molecule has 0 aliphatic heterocycles. The average molecular weight is 219 g/mol. The highest BCUT2D eigenvalue weighted by atomic mass is 16.5. The van der Waals surface area contributed by atoms with Crippen LogP contribution >= 0.6 is 0 Å². The van der Waals surface area contributed by atoms with Gasteiger partial charge in [-0.15, -0.1) is 0 Å². The van der Waals surface area contributed by atoms with Crippen molar-refractivity contribution < 1.29 is 9.53 Å². The van der Waals surface area contributed by atoms with Crippen molar-refractivity contribution in [2.75, 3.05) is 6.61 Å². The summed E-state index contributed by atoms with van der Waals surface area (Å²) in [5, 5.41) is 0. The van der Waals surface area contributed by atoms with E-state index in [2.05, 4.69) is 0 Å². The highest BCUT2D eigenvalue weighted by Crippen LogP contribution is 2.49. The number of ether oxygens (including phenoxy) is 1. The molecule has 3 nitrogen and oxygen atoms in total. The average Bonchev–Trinajstić information content (AvgIpc) is 3.11. The van der Waals surface area contributed by atoms with Crippen molar-refractivity contribution in [3.8, 4) is 0 Å². The molecule has 2 N–H and O–H groups in total. The van der Waals surface area contributed by atoms with E-state index in [1.165, 1.54) is 0 Å². The highest BCUT2D eigenvalue weighted by Gasteiger charge is 2.52. The van der Waals surface area contributed by atoms with E-state index in [1.54, 1.807) is 0 Å². The summed E-state index contributed by atoms with van der Waals surface area (Å²) in [6.45, 7) is 2.82. The lowest BCUT2D eigenvalue weighted by atomic mass is 9.95. The minimum Gasteiger partial charge on any atom is -0.465 e. The fourth-order valence-electron chi connectivity index (χ4n) is 1.96. The SMILES string of the molecule is CCOC(=O)C1(c2ccc(CN)cc2)CC1. The third-order valence-corrected chi connectivity index (χ3v) is 3.16. The summed E-state index contributed by atoms with van der Waals surface area (Å²) in [5.41, 5.74) is 7.33. The van der Waals surface area contributed by atoms with Crippen molar-refractivity contribution in [3.05, 3.63) is 35.4 Å². The first-order valence-electron chi connectivity index (χ1n) is 5.69. The zero-order valence-corrected chi connectivity index (χ0v) is 9.53. The molecule has 16 heavy (non-hydrogen) atoms. The number of nitrogens with two attached hydrogens (primary N) is 1. The lowest BCUT2D eigenvalue weighted by molar-refractivity contribution is -0.146. The van der Waals surface area contributed by atoms with Crippen LogP contribution in [0.1, 0.15) is 30.9 Å². The summed E-state index contributed by atoms with van der Waals surface area (Å²) >= 11 is 0. The van der Waals surface area contributed by atoms with E-state index in [9.17, 15) is 4.79 Å². The van der Waals surface area contributed by atoms with E-state index in [1.807, 2.05) is 31.2 Å². The number of rotatable bonds is 4. The molecule has 0 radical (unpaired) electrons. The molecule has 0 bridgehead atoms. The van der Waals surface area contributed by atoms with E-state index < -0.39 is 0 Å². The quantitative estimate of drug-likeness (QED) is 0.785. The van der Waals surface area contributed by atoms with Crippen LogP contribution in [0, 0.1) is 0 Å². The van der Waals surface area contributed by atoms with Crippen molar-refractivity contribution in [2.45, 2.75) is 31.7 Å². The van der Waals surface area contributed by atoms with Crippen molar-refractivity contribution in [1.82, 2.24) is 0 Å². The predicted octanol–water partition coefficient (Wildman–Crippen LogP) is 1.74. The largest absolute Gasteiger partial charge is 0.465 e. The second kappa shape index (κ2) is 4.26. The Hall–Kier alpha value is -1.35. The Kier molecular flexibility index (Phi) is 2.97. The van der Waals surface area contributed by atoms with Gasteiger partial charge in [0, 0.05) is 6.54 Å². The summed E-state index contributed by atoms with van der Waals surface area (Å²) in [5.74, 6) is -0.0875. The van der Waals surface area contributed by atoms with Crippen molar-refractivity contribution >= 4 is 5.97 Å². The lowest BCUT2D eigenvalue weighted by Crippen LogP contribution is -2.23. The first-order chi connectivity index (χ1) is 7.73. The van der Waals surface area contributed by atoms with E-state index in [0.717, 1.165) is 24.0 Å². The summed E-state index contributed by atoms with van der Waals surface area (Å²) < 4.78 is 5.12. The van der Waals surface area contributed by atoms with Crippen LogP contribution in [0.2, 0.25) is 0 Å². The number of hydrogen-bond donors (Lipinski definition) is 1. The van der Waals surface area contributed by atoms with Crippen LogP contribution in [-0.2, 0) is 21.5 Å². The molecule has 2 rings (SSSR count). The van der Waals surface area contributed by atoms with Gasteiger partial charge in [0.25, 0.3) is 0 Å². The molecule has 0 saturated heterocycles. The predicted molar refractivity (Wildman–Crippen MR) is 61.9 cm³/mol. The van der Waals surface area contributed by atoms with Crippen LogP contribution in [0.4, 0.5) is 0 Å². The first-order valence-corrected chi connectivity index (χ1v) is 5.69. The summed E-state index contributed by atoms with van der Waals surface area (Å²) in [7, 11) is 0. The fraction of sp³-hybridized carbons (Fsp3) is 0.462. The van der Waals surface area contributed by atoms with Gasteiger partial charge in [-0.05, 0) is 30.9 Å². The Labute approximate surface area is 95.6 Å². The number of hydrogen-bond acceptors (Lipinski definition) is 3. The van der Waals surface area contributed by atoms with Crippen molar-refractivity contribution in [3.63, 3.8) is 0 Å². The molecular weight excluding hydrogens is 202 g/mol. The fourth-order valence-corrected chi connectivity index (χ4v) is 1.96. The minimum atomic E-state index is -0.358. The zero-order valence-electron chi connectivity index (χ0n) is 9.53. The first kappa shape index (κ1) is 11.1. The lowest BCUT2D eigenvalue weighted by Gasteiger charge is -2.14. The van der Waals surface area contributed by atoms with E-state index in [4.69, 9.17) is 10.5 Å². The molecule has 0 amide bonds. The molecule has 1 aromatic carbocycles. The van der Waals surface area contributed by atoms with Gasteiger partial charge in [0.05, 0.1) is 12.0 Å². The maximum atomic E-state index is 11.8. The van der Waals surface area contributed by atoms with Gasteiger partial charge in [0.15, 0.2) is 0 Å². The number of carbonyl (C=O) groups is 1. The van der Waals surface area contributed by atoms with Crippen LogP contribution in [0.5, 0.6) is 0 Å². The molecule has 1 aliphatic carbocycles. The van der Waals surface area contributed by atoms with Gasteiger partial charge in [-0.2, -0.15) is 0 Å². The summed E-state index contributed by atoms with van der Waals surface area (Å²) in [6, 6.07) is 7.95. The molecule has 1 saturated carbocycles.